The Labute approximate surface area is 159 Å². The molecule has 0 saturated heterocycles. The molecule has 2 aromatic carbocycles. The standard InChI is InChI=1S/C20H22F3NO2S/c1-18(2,3)27(26)24-19(20(21,22)23,16-12-8-5-9-13-16)14-17(25)15-10-6-4-7-11-15/h4-13,24H,14H2,1-3H3/t19-,27-/m0/s1. The number of ketones is 1. The second-order valence-corrected chi connectivity index (χ2v) is 9.18. The Morgan fingerprint density at radius 3 is 1.85 bits per heavy atom. The summed E-state index contributed by atoms with van der Waals surface area (Å²) < 4.78 is 56.9. The lowest BCUT2D eigenvalue weighted by Crippen LogP contribution is -2.57. The molecule has 7 heteroatoms. The first-order valence-electron chi connectivity index (χ1n) is 8.37. The zero-order valence-electron chi connectivity index (χ0n) is 15.3. The molecule has 3 nitrogen and oxygen atoms in total. The quantitative estimate of drug-likeness (QED) is 0.714. The highest BCUT2D eigenvalue weighted by Crippen LogP contribution is 2.43. The summed E-state index contributed by atoms with van der Waals surface area (Å²) in [6.45, 7) is 4.71. The van der Waals surface area contributed by atoms with Crippen molar-refractivity contribution in [1.82, 2.24) is 4.72 Å². The van der Waals surface area contributed by atoms with Crippen LogP contribution in [0.4, 0.5) is 13.2 Å². The van der Waals surface area contributed by atoms with Gasteiger partial charge in [-0.1, -0.05) is 60.7 Å². The highest BCUT2D eigenvalue weighted by atomic mass is 32.2. The predicted octanol–water partition coefficient (Wildman–Crippen LogP) is 4.77. The molecule has 0 aliphatic rings. The van der Waals surface area contributed by atoms with E-state index in [1.54, 1.807) is 45.0 Å². The molecule has 0 amide bonds. The minimum atomic E-state index is -4.85. The van der Waals surface area contributed by atoms with Crippen LogP contribution in [0.5, 0.6) is 0 Å². The summed E-state index contributed by atoms with van der Waals surface area (Å²) in [4.78, 5) is 12.7. The molecule has 0 aliphatic carbocycles. The summed E-state index contributed by atoms with van der Waals surface area (Å²) in [6, 6.07) is 14.9. The largest absolute Gasteiger partial charge is 0.412 e. The molecule has 27 heavy (non-hydrogen) atoms. The Morgan fingerprint density at radius 2 is 1.41 bits per heavy atom. The van der Waals surface area contributed by atoms with Crippen LogP contribution in [0.15, 0.2) is 60.7 Å². The number of rotatable bonds is 6. The lowest BCUT2D eigenvalue weighted by molar-refractivity contribution is -0.193. The number of carbonyl (C=O) groups excluding carboxylic acids is 1. The van der Waals surface area contributed by atoms with Gasteiger partial charge in [-0.15, -0.1) is 0 Å². The fourth-order valence-corrected chi connectivity index (χ4v) is 3.45. The van der Waals surface area contributed by atoms with Crippen LogP contribution in [0.25, 0.3) is 0 Å². The van der Waals surface area contributed by atoms with E-state index in [1.165, 1.54) is 36.4 Å². The summed E-state index contributed by atoms with van der Waals surface area (Å²) in [5.41, 5.74) is -2.75. The zero-order chi connectivity index (χ0) is 20.3. The summed E-state index contributed by atoms with van der Waals surface area (Å²) in [5.74, 6) is -0.685. The molecule has 0 fully saturated rings. The fourth-order valence-electron chi connectivity index (χ4n) is 2.52. The highest BCUT2D eigenvalue weighted by Gasteiger charge is 2.58. The zero-order valence-corrected chi connectivity index (χ0v) is 16.2. The van der Waals surface area contributed by atoms with Gasteiger partial charge in [0.2, 0.25) is 0 Å². The van der Waals surface area contributed by atoms with Crippen molar-refractivity contribution in [1.29, 1.82) is 0 Å². The molecule has 2 rings (SSSR count). The first-order chi connectivity index (χ1) is 12.5. The number of carbonyl (C=O) groups is 1. The molecular weight excluding hydrogens is 375 g/mol. The maximum Gasteiger partial charge on any atom is 0.412 e. The van der Waals surface area contributed by atoms with E-state index in [0.717, 1.165) is 0 Å². The normalized spacial score (nSPS) is 15.8. The Balaban J connectivity index is 2.58. The van der Waals surface area contributed by atoms with Crippen LogP contribution in [0.1, 0.15) is 43.1 Å². The molecular formula is C20H22F3NO2S. The van der Waals surface area contributed by atoms with E-state index in [-0.39, 0.29) is 11.1 Å². The van der Waals surface area contributed by atoms with Crippen LogP contribution >= 0.6 is 0 Å². The molecule has 0 aromatic heterocycles. The molecule has 146 valence electrons. The minimum Gasteiger partial charge on any atom is -0.294 e. The Kier molecular flexibility index (Phi) is 6.27. The predicted molar refractivity (Wildman–Crippen MR) is 101 cm³/mol. The smallest absolute Gasteiger partial charge is 0.294 e. The number of Topliss-reactive ketones (excluding diaryl/α,β-unsaturated/α-hetero) is 1. The van der Waals surface area contributed by atoms with E-state index in [4.69, 9.17) is 0 Å². The molecule has 0 aliphatic heterocycles. The van der Waals surface area contributed by atoms with Gasteiger partial charge in [-0.05, 0) is 26.3 Å². The second-order valence-electron chi connectivity index (χ2n) is 7.22. The van der Waals surface area contributed by atoms with Crippen molar-refractivity contribution < 1.29 is 22.2 Å². The first-order valence-corrected chi connectivity index (χ1v) is 9.52. The molecule has 0 spiro atoms. The third-order valence-electron chi connectivity index (χ3n) is 4.10. The van der Waals surface area contributed by atoms with Crippen molar-refractivity contribution in [2.24, 2.45) is 0 Å². The molecule has 2 aromatic rings. The Morgan fingerprint density at radius 1 is 0.926 bits per heavy atom. The van der Waals surface area contributed by atoms with Crippen molar-refractivity contribution in [3.05, 3.63) is 71.8 Å². The average Bonchev–Trinajstić information content (AvgIpc) is 2.60. The van der Waals surface area contributed by atoms with Crippen LogP contribution < -0.4 is 4.72 Å². The summed E-state index contributed by atoms with van der Waals surface area (Å²) >= 11 is 0. The fraction of sp³-hybridized carbons (Fsp3) is 0.350. The summed E-state index contributed by atoms with van der Waals surface area (Å²) in [5, 5.41) is 0. The second kappa shape index (κ2) is 7.94. The molecule has 0 unspecified atom stereocenters. The van der Waals surface area contributed by atoms with Crippen molar-refractivity contribution in [3.63, 3.8) is 0 Å². The van der Waals surface area contributed by atoms with Crippen LogP contribution in [-0.4, -0.2) is 20.9 Å². The number of benzene rings is 2. The van der Waals surface area contributed by atoms with E-state index in [2.05, 4.69) is 4.72 Å². The van der Waals surface area contributed by atoms with Gasteiger partial charge in [-0.25, -0.2) is 8.93 Å². The number of hydrogen-bond acceptors (Lipinski definition) is 2. The third kappa shape index (κ3) is 4.84. The summed E-state index contributed by atoms with van der Waals surface area (Å²) in [6.07, 6.45) is -5.74. The maximum absolute atomic E-state index is 14.3. The molecule has 0 saturated carbocycles. The van der Waals surface area contributed by atoms with Gasteiger partial charge in [0.15, 0.2) is 11.3 Å². The number of halogens is 3. The van der Waals surface area contributed by atoms with Gasteiger partial charge in [0.05, 0.1) is 15.7 Å². The van der Waals surface area contributed by atoms with Crippen LogP contribution in [-0.2, 0) is 16.5 Å². The number of hydrogen-bond donors (Lipinski definition) is 1. The van der Waals surface area contributed by atoms with Gasteiger partial charge in [0.25, 0.3) is 0 Å². The van der Waals surface area contributed by atoms with Crippen molar-refractivity contribution in [2.75, 3.05) is 0 Å². The van der Waals surface area contributed by atoms with Crippen molar-refractivity contribution in [2.45, 2.75) is 43.7 Å². The number of nitrogens with one attached hydrogen (secondary N) is 1. The average molecular weight is 397 g/mol. The third-order valence-corrected chi connectivity index (χ3v) is 5.74. The lowest BCUT2D eigenvalue weighted by atomic mass is 9.84. The highest BCUT2D eigenvalue weighted by molar-refractivity contribution is 7.84. The van der Waals surface area contributed by atoms with Crippen LogP contribution in [0, 0.1) is 0 Å². The summed E-state index contributed by atoms with van der Waals surface area (Å²) in [7, 11) is -2.05. The topological polar surface area (TPSA) is 46.2 Å². The van der Waals surface area contributed by atoms with Gasteiger partial charge >= 0.3 is 6.18 Å². The lowest BCUT2D eigenvalue weighted by Gasteiger charge is -2.38. The van der Waals surface area contributed by atoms with E-state index >= 15 is 0 Å². The van der Waals surface area contributed by atoms with Gasteiger partial charge in [0, 0.05) is 12.0 Å². The molecule has 0 radical (unpaired) electrons. The van der Waals surface area contributed by atoms with Gasteiger partial charge < -0.3 is 0 Å². The van der Waals surface area contributed by atoms with Gasteiger partial charge in [-0.2, -0.15) is 13.2 Å². The van der Waals surface area contributed by atoms with E-state index < -0.39 is 39.7 Å². The maximum atomic E-state index is 14.3. The van der Waals surface area contributed by atoms with Crippen molar-refractivity contribution in [3.8, 4) is 0 Å². The first kappa shape index (κ1) is 21.3. The molecule has 2 atom stereocenters. The minimum absolute atomic E-state index is 0.153. The Hall–Kier alpha value is -1.99. The molecule has 0 bridgehead atoms. The molecule has 1 N–H and O–H groups in total. The van der Waals surface area contributed by atoms with Gasteiger partial charge in [0.1, 0.15) is 0 Å². The van der Waals surface area contributed by atoms with Crippen LogP contribution in [0.3, 0.4) is 0 Å². The Bertz CT molecular complexity index is 801. The van der Waals surface area contributed by atoms with E-state index in [9.17, 15) is 22.2 Å². The van der Waals surface area contributed by atoms with E-state index in [0.29, 0.717) is 0 Å². The number of alkyl halides is 3. The SMILES string of the molecule is CC(C)(C)[S@](=O)N[C@@](CC(=O)c1ccccc1)(c1ccccc1)C(F)(F)F. The van der Waals surface area contributed by atoms with Gasteiger partial charge in [-0.3, -0.25) is 4.79 Å². The van der Waals surface area contributed by atoms with Crippen LogP contribution in [0.2, 0.25) is 0 Å². The monoisotopic (exact) mass is 397 g/mol. The molecule has 0 heterocycles. The van der Waals surface area contributed by atoms with Crippen molar-refractivity contribution >= 4 is 16.8 Å². The van der Waals surface area contributed by atoms with E-state index in [1.807, 2.05) is 0 Å².